The van der Waals surface area contributed by atoms with Crippen molar-refractivity contribution in [1.82, 2.24) is 30.6 Å². The van der Waals surface area contributed by atoms with Crippen LogP contribution in [0.15, 0.2) is 18.2 Å². The summed E-state index contributed by atoms with van der Waals surface area (Å²) in [5, 5.41) is 19.3. The van der Waals surface area contributed by atoms with E-state index >= 15 is 0 Å². The zero-order valence-corrected chi connectivity index (χ0v) is 16.9. The number of thiophene rings is 1. The number of aryl methyl sites for hydroxylation is 2. The van der Waals surface area contributed by atoms with E-state index in [1.165, 1.54) is 22.3 Å². The van der Waals surface area contributed by atoms with Crippen molar-refractivity contribution >= 4 is 28.7 Å². The van der Waals surface area contributed by atoms with Crippen LogP contribution in [0, 0.1) is 25.2 Å². The molecule has 1 aliphatic carbocycles. The predicted molar refractivity (Wildman–Crippen MR) is 107 cm³/mol. The maximum atomic E-state index is 12.7. The van der Waals surface area contributed by atoms with Crippen molar-refractivity contribution in [3.63, 3.8) is 0 Å². The Labute approximate surface area is 166 Å². The van der Waals surface area contributed by atoms with Crippen molar-refractivity contribution in [1.29, 1.82) is 0 Å². The van der Waals surface area contributed by atoms with Crippen molar-refractivity contribution in [2.75, 3.05) is 24.5 Å². The van der Waals surface area contributed by atoms with E-state index in [9.17, 15) is 4.79 Å². The van der Waals surface area contributed by atoms with Gasteiger partial charge in [-0.05, 0) is 66.8 Å². The third kappa shape index (κ3) is 2.85. The Kier molecular flexibility index (Phi) is 4.08. The Morgan fingerprint density at radius 1 is 1.39 bits per heavy atom. The van der Waals surface area contributed by atoms with Crippen molar-refractivity contribution in [3.8, 4) is 0 Å². The van der Waals surface area contributed by atoms with E-state index in [0.29, 0.717) is 11.6 Å². The van der Waals surface area contributed by atoms with Gasteiger partial charge in [-0.15, -0.1) is 26.2 Å². The number of hydrogen-bond acceptors (Lipinski definition) is 7. The zero-order chi connectivity index (χ0) is 19.3. The number of rotatable bonds is 4. The highest BCUT2D eigenvalue weighted by molar-refractivity contribution is 7.14. The van der Waals surface area contributed by atoms with Crippen LogP contribution >= 0.6 is 11.3 Å². The van der Waals surface area contributed by atoms with E-state index in [4.69, 9.17) is 0 Å². The summed E-state index contributed by atoms with van der Waals surface area (Å²) < 4.78 is 1.47. The van der Waals surface area contributed by atoms with E-state index in [0.717, 1.165) is 42.3 Å². The molecule has 1 amide bonds. The van der Waals surface area contributed by atoms with Crippen molar-refractivity contribution in [3.05, 3.63) is 33.5 Å². The lowest BCUT2D eigenvalue weighted by molar-refractivity contribution is 0.0931. The van der Waals surface area contributed by atoms with Gasteiger partial charge in [0.05, 0.1) is 4.88 Å². The summed E-state index contributed by atoms with van der Waals surface area (Å²) >= 11 is 1.57. The van der Waals surface area contributed by atoms with Gasteiger partial charge in [0, 0.05) is 29.9 Å². The highest BCUT2D eigenvalue weighted by Gasteiger charge is 2.49. The van der Waals surface area contributed by atoms with E-state index in [2.05, 4.69) is 36.9 Å². The minimum absolute atomic E-state index is 0.0577. The summed E-state index contributed by atoms with van der Waals surface area (Å²) in [5.41, 5.74) is 1.83. The summed E-state index contributed by atoms with van der Waals surface area (Å²) in [6.07, 6.45) is 3.58. The second kappa shape index (κ2) is 6.51. The van der Waals surface area contributed by atoms with Gasteiger partial charge < -0.3 is 10.2 Å². The average Bonchev–Trinajstić information content (AvgIpc) is 3.41. The minimum Gasteiger partial charge on any atom is -0.354 e. The maximum Gasteiger partial charge on any atom is 0.261 e. The van der Waals surface area contributed by atoms with E-state index < -0.39 is 0 Å². The summed E-state index contributed by atoms with van der Waals surface area (Å²) in [5.74, 6) is 1.53. The number of nitrogens with zero attached hydrogens (tertiary/aromatic N) is 6. The highest BCUT2D eigenvalue weighted by Crippen LogP contribution is 2.49. The van der Waals surface area contributed by atoms with Crippen LogP contribution in [0.25, 0.3) is 5.65 Å². The predicted octanol–water partition coefficient (Wildman–Crippen LogP) is 2.23. The molecule has 5 rings (SSSR count). The molecule has 2 aliphatic rings. The van der Waals surface area contributed by atoms with Gasteiger partial charge in [0.25, 0.3) is 5.91 Å². The topological polar surface area (TPSA) is 88.3 Å². The maximum absolute atomic E-state index is 12.7. The lowest BCUT2D eigenvalue weighted by Crippen LogP contribution is -2.40. The second-order valence-corrected chi connectivity index (χ2v) is 9.36. The first-order valence-electron chi connectivity index (χ1n) is 9.70. The molecule has 0 unspecified atom stereocenters. The molecular formula is C19H23N7OS. The third-order valence-corrected chi connectivity index (χ3v) is 7.42. The quantitative estimate of drug-likeness (QED) is 0.726. The van der Waals surface area contributed by atoms with Crippen LogP contribution in [0.4, 0.5) is 5.82 Å². The summed E-state index contributed by atoms with van der Waals surface area (Å²) in [7, 11) is 0. The van der Waals surface area contributed by atoms with Crippen LogP contribution in [0.1, 0.15) is 39.4 Å². The molecule has 0 spiro atoms. The molecule has 1 saturated carbocycles. The molecule has 2 atom stereocenters. The minimum atomic E-state index is 0.0577. The first-order valence-corrected chi connectivity index (χ1v) is 10.5. The fraction of sp³-hybridized carbons (Fsp3) is 0.526. The molecular weight excluding hydrogens is 374 g/mol. The third-order valence-electron chi connectivity index (χ3n) is 6.27. The molecule has 146 valence electrons. The summed E-state index contributed by atoms with van der Waals surface area (Å²) in [6, 6.07) is 5.96. The Balaban J connectivity index is 1.33. The molecule has 3 aromatic heterocycles. The largest absolute Gasteiger partial charge is 0.354 e. The van der Waals surface area contributed by atoms with Crippen LogP contribution in [-0.2, 0) is 0 Å². The van der Waals surface area contributed by atoms with Gasteiger partial charge in [0.15, 0.2) is 11.5 Å². The van der Waals surface area contributed by atoms with Gasteiger partial charge in [-0.1, -0.05) is 6.42 Å². The number of amides is 1. The molecule has 0 radical (unpaired) electrons. The molecule has 28 heavy (non-hydrogen) atoms. The van der Waals surface area contributed by atoms with Crippen molar-refractivity contribution in [2.24, 2.45) is 11.3 Å². The van der Waals surface area contributed by atoms with Gasteiger partial charge in [-0.25, -0.2) is 0 Å². The molecule has 8 nitrogen and oxygen atoms in total. The fourth-order valence-corrected chi connectivity index (χ4v) is 5.83. The molecule has 2 fully saturated rings. The number of carbonyl (C=O) groups excluding carboxylic acids is 1. The average molecular weight is 398 g/mol. The molecule has 0 bridgehead atoms. The number of carbonyl (C=O) groups is 1. The Morgan fingerprint density at radius 2 is 2.29 bits per heavy atom. The van der Waals surface area contributed by atoms with E-state index in [-0.39, 0.29) is 11.3 Å². The van der Waals surface area contributed by atoms with Gasteiger partial charge in [-0.3, -0.25) is 4.79 Å². The first-order chi connectivity index (χ1) is 13.5. The second-order valence-electron chi connectivity index (χ2n) is 8.10. The number of fused-ring (bicyclic) bond motifs is 2. The SMILES string of the molecule is Cc1cc(C)c(C(=O)NC[C@]23CCC[C@H]2CN(c2ccc4nnnn4n2)C3)s1. The van der Waals surface area contributed by atoms with Gasteiger partial charge in [0.1, 0.15) is 0 Å². The van der Waals surface area contributed by atoms with Gasteiger partial charge >= 0.3 is 0 Å². The number of hydrogen-bond donors (Lipinski definition) is 1. The van der Waals surface area contributed by atoms with Gasteiger partial charge in [-0.2, -0.15) is 0 Å². The smallest absolute Gasteiger partial charge is 0.261 e. The molecule has 1 aliphatic heterocycles. The van der Waals surface area contributed by atoms with E-state index in [1.54, 1.807) is 11.3 Å². The van der Waals surface area contributed by atoms with Crippen molar-refractivity contribution < 1.29 is 4.79 Å². The number of tetrazole rings is 1. The van der Waals surface area contributed by atoms with Gasteiger partial charge in [0.2, 0.25) is 0 Å². The van der Waals surface area contributed by atoms with Crippen LogP contribution < -0.4 is 10.2 Å². The molecule has 3 aromatic rings. The summed E-state index contributed by atoms with van der Waals surface area (Å²) in [6.45, 7) is 6.64. The standard InChI is InChI=1S/C19H23N7OS/c1-12-8-13(2)28-17(12)18(27)20-10-19-7-3-4-14(19)9-25(11-19)16-6-5-15-21-23-24-26(15)22-16/h5-6,8,14H,3-4,7,9-11H2,1-2H3,(H,20,27)/t14-,19-/m0/s1. The highest BCUT2D eigenvalue weighted by atomic mass is 32.1. The monoisotopic (exact) mass is 397 g/mol. The van der Waals surface area contributed by atoms with Crippen LogP contribution in [0.5, 0.6) is 0 Å². The Bertz CT molecular complexity index is 1040. The lowest BCUT2D eigenvalue weighted by atomic mass is 9.80. The molecule has 1 N–H and O–H groups in total. The van der Waals surface area contributed by atoms with E-state index in [1.807, 2.05) is 26.0 Å². The number of anilines is 1. The first kappa shape index (κ1) is 17.5. The Morgan fingerprint density at radius 3 is 3.11 bits per heavy atom. The molecule has 1 saturated heterocycles. The van der Waals surface area contributed by atoms with Crippen LogP contribution in [0.3, 0.4) is 0 Å². The molecule has 0 aromatic carbocycles. The van der Waals surface area contributed by atoms with Crippen molar-refractivity contribution in [2.45, 2.75) is 33.1 Å². The lowest BCUT2D eigenvalue weighted by Gasteiger charge is -2.29. The zero-order valence-electron chi connectivity index (χ0n) is 16.1. The number of nitrogens with one attached hydrogen (secondary N) is 1. The van der Waals surface area contributed by atoms with Crippen LogP contribution in [-0.4, -0.2) is 50.8 Å². The molecule has 4 heterocycles. The van der Waals surface area contributed by atoms with Crippen LogP contribution in [0.2, 0.25) is 0 Å². The normalized spacial score (nSPS) is 24.1. The summed E-state index contributed by atoms with van der Waals surface area (Å²) in [4.78, 5) is 17.1. The number of aromatic nitrogens is 5. The fourth-order valence-electron chi connectivity index (χ4n) is 4.89. The molecule has 9 heteroatoms. The Hall–Kier alpha value is -2.55.